The van der Waals surface area contributed by atoms with Crippen LogP contribution in [0.1, 0.15) is 59.4 Å². The van der Waals surface area contributed by atoms with Gasteiger partial charge in [0, 0.05) is 26.2 Å². The SMILES string of the molecule is COC1c2cccc(CCBr)c2CC1C.COC1c2cccc(CCO)c2CC1C. The van der Waals surface area contributed by atoms with Gasteiger partial charge in [0.1, 0.15) is 0 Å². The predicted molar refractivity (Wildman–Crippen MR) is 126 cm³/mol. The van der Waals surface area contributed by atoms with Crippen LogP contribution in [0.5, 0.6) is 0 Å². The Morgan fingerprint density at radius 2 is 1.30 bits per heavy atom. The quantitative estimate of drug-likeness (QED) is 0.553. The van der Waals surface area contributed by atoms with E-state index in [1.807, 2.05) is 7.11 Å². The van der Waals surface area contributed by atoms with Gasteiger partial charge in [0.05, 0.1) is 12.2 Å². The number of methoxy groups -OCH3 is 2. The molecule has 0 spiro atoms. The van der Waals surface area contributed by atoms with Gasteiger partial charge in [-0.2, -0.15) is 0 Å². The van der Waals surface area contributed by atoms with E-state index in [9.17, 15) is 0 Å². The molecule has 4 heteroatoms. The summed E-state index contributed by atoms with van der Waals surface area (Å²) in [4.78, 5) is 0. The zero-order valence-corrected chi connectivity index (χ0v) is 20.2. The molecule has 2 aliphatic rings. The summed E-state index contributed by atoms with van der Waals surface area (Å²) in [5.74, 6) is 1.16. The van der Waals surface area contributed by atoms with E-state index in [4.69, 9.17) is 14.6 Å². The minimum Gasteiger partial charge on any atom is -0.396 e. The van der Waals surface area contributed by atoms with Crippen molar-refractivity contribution >= 4 is 15.9 Å². The molecule has 0 saturated heterocycles. The maximum Gasteiger partial charge on any atom is 0.0852 e. The maximum atomic E-state index is 9.01. The molecular weight excluding hydrogens is 440 g/mol. The van der Waals surface area contributed by atoms with Crippen molar-refractivity contribution in [1.82, 2.24) is 0 Å². The van der Waals surface area contributed by atoms with Gasteiger partial charge in [-0.1, -0.05) is 66.2 Å². The van der Waals surface area contributed by atoms with Gasteiger partial charge < -0.3 is 14.6 Å². The number of rotatable bonds is 6. The lowest BCUT2D eigenvalue weighted by atomic mass is 10.0. The van der Waals surface area contributed by atoms with E-state index in [0.717, 1.165) is 31.0 Å². The molecule has 3 nitrogen and oxygen atoms in total. The maximum absolute atomic E-state index is 9.01. The van der Waals surface area contributed by atoms with E-state index in [2.05, 4.69) is 66.2 Å². The standard InChI is InChI=1S/C13H17BrO.C13H18O2/c2*1-9-8-12-10(6-7-14)4-3-5-11(12)13(9)15-2/h3-5,9,13H,6-8H2,1-2H3;3-5,9,13-14H,6-8H2,1-2H3. The number of alkyl halides is 1. The zero-order chi connectivity index (χ0) is 21.7. The summed E-state index contributed by atoms with van der Waals surface area (Å²) in [6.07, 6.45) is 4.65. The van der Waals surface area contributed by atoms with E-state index < -0.39 is 0 Å². The smallest absolute Gasteiger partial charge is 0.0852 e. The lowest BCUT2D eigenvalue weighted by Gasteiger charge is -2.14. The van der Waals surface area contributed by atoms with Crippen molar-refractivity contribution < 1.29 is 14.6 Å². The van der Waals surface area contributed by atoms with Gasteiger partial charge >= 0.3 is 0 Å². The summed E-state index contributed by atoms with van der Waals surface area (Å²) in [5.41, 5.74) is 8.40. The lowest BCUT2D eigenvalue weighted by Crippen LogP contribution is -2.05. The number of hydrogen-bond donors (Lipinski definition) is 1. The van der Waals surface area contributed by atoms with Crippen LogP contribution in [0.2, 0.25) is 0 Å². The van der Waals surface area contributed by atoms with Gasteiger partial charge in [0.25, 0.3) is 0 Å². The van der Waals surface area contributed by atoms with Gasteiger partial charge in [-0.3, -0.25) is 0 Å². The minimum atomic E-state index is 0.225. The van der Waals surface area contributed by atoms with E-state index in [-0.39, 0.29) is 12.7 Å². The first kappa shape index (κ1) is 23.5. The van der Waals surface area contributed by atoms with Crippen LogP contribution in [-0.4, -0.2) is 31.3 Å². The van der Waals surface area contributed by atoms with Crippen molar-refractivity contribution in [3.63, 3.8) is 0 Å². The fourth-order valence-electron chi connectivity index (χ4n) is 5.22. The Hall–Kier alpha value is -1.20. The lowest BCUT2D eigenvalue weighted by molar-refractivity contribution is 0.0695. The van der Waals surface area contributed by atoms with Crippen molar-refractivity contribution in [2.24, 2.45) is 11.8 Å². The normalized spacial score (nSPS) is 24.2. The monoisotopic (exact) mass is 474 g/mol. The molecule has 0 bridgehead atoms. The van der Waals surface area contributed by atoms with Crippen molar-refractivity contribution in [2.75, 3.05) is 26.2 Å². The largest absolute Gasteiger partial charge is 0.396 e. The Balaban J connectivity index is 0.000000171. The molecule has 1 N–H and O–H groups in total. The molecule has 0 fully saturated rings. The summed E-state index contributed by atoms with van der Waals surface area (Å²) in [5, 5.41) is 10.0. The van der Waals surface area contributed by atoms with Gasteiger partial charge in [-0.05, 0) is 70.9 Å². The molecule has 0 aromatic heterocycles. The van der Waals surface area contributed by atoms with E-state index in [1.165, 1.54) is 33.4 Å². The van der Waals surface area contributed by atoms with Crippen LogP contribution in [0.3, 0.4) is 0 Å². The molecule has 2 aromatic rings. The number of fused-ring (bicyclic) bond motifs is 2. The molecule has 4 rings (SSSR count). The Morgan fingerprint density at radius 3 is 1.70 bits per heavy atom. The zero-order valence-electron chi connectivity index (χ0n) is 18.7. The number of halogens is 1. The number of benzene rings is 2. The molecule has 0 saturated carbocycles. The molecule has 2 aromatic carbocycles. The number of ether oxygens (including phenoxy) is 2. The van der Waals surface area contributed by atoms with Crippen molar-refractivity contribution in [1.29, 1.82) is 0 Å². The number of hydrogen-bond acceptors (Lipinski definition) is 3. The summed E-state index contributed by atoms with van der Waals surface area (Å²) >= 11 is 3.51. The Morgan fingerprint density at radius 1 is 0.833 bits per heavy atom. The molecule has 30 heavy (non-hydrogen) atoms. The Labute approximate surface area is 189 Å². The molecule has 0 aliphatic heterocycles. The topological polar surface area (TPSA) is 38.7 Å². The third-order valence-electron chi connectivity index (χ3n) is 6.57. The molecule has 4 atom stereocenters. The van der Waals surface area contributed by atoms with E-state index in [0.29, 0.717) is 17.9 Å². The number of aliphatic hydroxyl groups excluding tert-OH is 1. The second-order valence-corrected chi connectivity index (χ2v) is 9.35. The highest BCUT2D eigenvalue weighted by atomic mass is 79.9. The van der Waals surface area contributed by atoms with Crippen LogP contribution in [-0.2, 0) is 35.2 Å². The van der Waals surface area contributed by atoms with Crippen LogP contribution in [0.25, 0.3) is 0 Å². The summed E-state index contributed by atoms with van der Waals surface area (Å²) in [6, 6.07) is 12.9. The third kappa shape index (κ3) is 4.83. The molecule has 0 amide bonds. The Kier molecular flexibility index (Phi) is 8.52. The minimum absolute atomic E-state index is 0.225. The average Bonchev–Trinajstić information content (AvgIpc) is 3.25. The predicted octanol–water partition coefficient (Wildman–Crippen LogP) is 5.60. The van der Waals surface area contributed by atoms with Crippen LogP contribution in [0, 0.1) is 11.8 Å². The summed E-state index contributed by atoms with van der Waals surface area (Å²) in [7, 11) is 3.59. The number of aliphatic hydroxyl groups is 1. The van der Waals surface area contributed by atoms with Gasteiger partial charge in [0.2, 0.25) is 0 Å². The highest BCUT2D eigenvalue weighted by molar-refractivity contribution is 9.09. The fraction of sp³-hybridized carbons (Fsp3) is 0.538. The van der Waals surface area contributed by atoms with E-state index >= 15 is 0 Å². The molecule has 4 unspecified atom stereocenters. The first-order valence-electron chi connectivity index (χ1n) is 11.0. The van der Waals surface area contributed by atoms with Gasteiger partial charge in [0.15, 0.2) is 0 Å². The van der Waals surface area contributed by atoms with Crippen LogP contribution in [0.15, 0.2) is 36.4 Å². The van der Waals surface area contributed by atoms with Crippen LogP contribution >= 0.6 is 15.9 Å². The average molecular weight is 475 g/mol. The number of aryl methyl sites for hydroxylation is 1. The summed E-state index contributed by atoms with van der Waals surface area (Å²) < 4.78 is 11.1. The van der Waals surface area contributed by atoms with Gasteiger partial charge in [-0.15, -0.1) is 0 Å². The van der Waals surface area contributed by atoms with Crippen molar-refractivity contribution in [2.45, 2.75) is 51.7 Å². The highest BCUT2D eigenvalue weighted by Gasteiger charge is 2.31. The highest BCUT2D eigenvalue weighted by Crippen LogP contribution is 2.40. The third-order valence-corrected chi connectivity index (χ3v) is 6.97. The van der Waals surface area contributed by atoms with E-state index in [1.54, 1.807) is 7.11 Å². The van der Waals surface area contributed by atoms with Crippen molar-refractivity contribution in [3.8, 4) is 0 Å². The van der Waals surface area contributed by atoms with Crippen molar-refractivity contribution in [3.05, 3.63) is 69.8 Å². The molecule has 0 radical (unpaired) electrons. The molecule has 2 aliphatic carbocycles. The second-order valence-electron chi connectivity index (χ2n) is 8.56. The van der Waals surface area contributed by atoms with Crippen LogP contribution in [0.4, 0.5) is 0 Å². The molecule has 164 valence electrons. The molecular formula is C26H35BrO3. The Bertz CT molecular complexity index is 766. The van der Waals surface area contributed by atoms with Gasteiger partial charge in [-0.25, -0.2) is 0 Å². The first-order chi connectivity index (χ1) is 14.5. The first-order valence-corrected chi connectivity index (χ1v) is 12.1. The fourth-order valence-corrected chi connectivity index (χ4v) is 5.65. The second kappa shape index (κ2) is 10.9. The summed E-state index contributed by atoms with van der Waals surface area (Å²) in [6.45, 7) is 4.71. The van der Waals surface area contributed by atoms with Crippen LogP contribution < -0.4 is 0 Å². The molecule has 0 heterocycles.